The molecule has 0 amide bonds. The van der Waals surface area contributed by atoms with Gasteiger partial charge in [-0.25, -0.2) is 4.39 Å². The van der Waals surface area contributed by atoms with Gasteiger partial charge in [0.1, 0.15) is 5.82 Å². The molecule has 1 aromatic carbocycles. The van der Waals surface area contributed by atoms with Gasteiger partial charge in [-0.15, -0.1) is 0 Å². The van der Waals surface area contributed by atoms with Gasteiger partial charge >= 0.3 is 0 Å². The summed E-state index contributed by atoms with van der Waals surface area (Å²) in [5, 5.41) is 3.40. The minimum atomic E-state index is -0.344. The zero-order chi connectivity index (χ0) is 12.0. The molecule has 0 aliphatic carbocycles. The van der Waals surface area contributed by atoms with Crippen molar-refractivity contribution in [1.29, 1.82) is 0 Å². The molecule has 0 saturated heterocycles. The molecule has 0 saturated carbocycles. The minimum absolute atomic E-state index is 0.166. The maximum Gasteiger partial charge on any atom is 0.146 e. The Kier molecular flexibility index (Phi) is 5.74. The Labute approximate surface area is 101 Å². The number of hydrogen-bond acceptors (Lipinski definition) is 2. The summed E-state index contributed by atoms with van der Waals surface area (Å²) in [4.78, 5) is 0. The van der Waals surface area contributed by atoms with Crippen LogP contribution in [0.3, 0.4) is 0 Å². The van der Waals surface area contributed by atoms with Crippen molar-refractivity contribution in [1.82, 2.24) is 5.32 Å². The molecule has 0 aromatic heterocycles. The van der Waals surface area contributed by atoms with Crippen molar-refractivity contribution in [3.63, 3.8) is 0 Å². The van der Waals surface area contributed by atoms with E-state index in [1.165, 1.54) is 0 Å². The third kappa shape index (κ3) is 3.74. The Morgan fingerprint density at radius 2 is 2.25 bits per heavy atom. The first kappa shape index (κ1) is 13.4. The van der Waals surface area contributed by atoms with Crippen molar-refractivity contribution in [2.45, 2.75) is 25.9 Å². The van der Waals surface area contributed by atoms with Gasteiger partial charge in [0.25, 0.3) is 0 Å². The van der Waals surface area contributed by atoms with Crippen LogP contribution in [0.5, 0.6) is 0 Å². The Morgan fingerprint density at radius 3 is 2.88 bits per heavy atom. The molecule has 1 N–H and O–H groups in total. The number of halogens is 2. The predicted molar refractivity (Wildman–Crippen MR) is 64.2 cm³/mol. The van der Waals surface area contributed by atoms with Crippen LogP contribution >= 0.6 is 11.6 Å². The summed E-state index contributed by atoms with van der Waals surface area (Å²) in [6, 6.07) is 5.27. The van der Waals surface area contributed by atoms with Crippen LogP contribution in [0.1, 0.15) is 18.9 Å². The molecule has 0 radical (unpaired) electrons. The predicted octanol–water partition coefficient (Wildman–Crippen LogP) is 2.99. The van der Waals surface area contributed by atoms with Crippen LogP contribution in [0.15, 0.2) is 18.2 Å². The van der Waals surface area contributed by atoms with Crippen molar-refractivity contribution in [3.8, 4) is 0 Å². The molecule has 2 nitrogen and oxygen atoms in total. The summed E-state index contributed by atoms with van der Waals surface area (Å²) in [6.45, 7) is 3.15. The minimum Gasteiger partial charge on any atom is -0.383 e. The normalized spacial score (nSPS) is 12.8. The SMILES string of the molecule is CCC(COC)NCc1cccc(Cl)c1F. The lowest BCUT2D eigenvalue weighted by molar-refractivity contribution is 0.163. The van der Waals surface area contributed by atoms with E-state index < -0.39 is 0 Å². The molecule has 1 unspecified atom stereocenters. The van der Waals surface area contributed by atoms with Crippen LogP contribution in [0, 0.1) is 5.82 Å². The average molecular weight is 246 g/mol. The summed E-state index contributed by atoms with van der Waals surface area (Å²) in [5.41, 5.74) is 0.585. The highest BCUT2D eigenvalue weighted by molar-refractivity contribution is 6.30. The molecule has 0 bridgehead atoms. The lowest BCUT2D eigenvalue weighted by Gasteiger charge is -2.16. The quantitative estimate of drug-likeness (QED) is 0.832. The van der Waals surface area contributed by atoms with Crippen LogP contribution in [0.2, 0.25) is 5.02 Å². The number of hydrogen-bond donors (Lipinski definition) is 1. The Morgan fingerprint density at radius 1 is 1.50 bits per heavy atom. The van der Waals surface area contributed by atoms with Crippen LogP contribution in [-0.2, 0) is 11.3 Å². The fraction of sp³-hybridized carbons (Fsp3) is 0.500. The van der Waals surface area contributed by atoms with Gasteiger partial charge in [0.2, 0.25) is 0 Å². The van der Waals surface area contributed by atoms with Gasteiger partial charge in [0.05, 0.1) is 11.6 Å². The van der Waals surface area contributed by atoms with Gasteiger partial charge in [-0.3, -0.25) is 0 Å². The number of methoxy groups -OCH3 is 1. The van der Waals surface area contributed by atoms with E-state index in [4.69, 9.17) is 16.3 Å². The fourth-order valence-electron chi connectivity index (χ4n) is 1.46. The fourth-order valence-corrected chi connectivity index (χ4v) is 1.66. The van der Waals surface area contributed by atoms with E-state index >= 15 is 0 Å². The lowest BCUT2D eigenvalue weighted by Crippen LogP contribution is -2.32. The molecule has 0 fully saturated rings. The van der Waals surface area contributed by atoms with Crippen LogP contribution in [0.25, 0.3) is 0 Å². The third-order valence-corrected chi connectivity index (χ3v) is 2.77. The van der Waals surface area contributed by atoms with E-state index in [1.807, 2.05) is 0 Å². The van der Waals surface area contributed by atoms with Crippen molar-refractivity contribution < 1.29 is 9.13 Å². The highest BCUT2D eigenvalue weighted by Crippen LogP contribution is 2.17. The topological polar surface area (TPSA) is 21.3 Å². The number of ether oxygens (including phenoxy) is 1. The first-order valence-corrected chi connectivity index (χ1v) is 5.72. The number of rotatable bonds is 6. The van der Waals surface area contributed by atoms with Gasteiger partial charge in [-0.05, 0) is 12.5 Å². The molecule has 0 spiro atoms. The first-order chi connectivity index (χ1) is 7.69. The second kappa shape index (κ2) is 6.84. The van der Waals surface area contributed by atoms with E-state index in [2.05, 4.69) is 12.2 Å². The molecule has 1 rings (SSSR count). The van der Waals surface area contributed by atoms with Crippen molar-refractivity contribution >= 4 is 11.6 Å². The highest BCUT2D eigenvalue weighted by Gasteiger charge is 2.09. The van der Waals surface area contributed by atoms with E-state index in [1.54, 1.807) is 25.3 Å². The second-order valence-corrected chi connectivity index (χ2v) is 4.06. The molecule has 0 aliphatic heterocycles. The molecule has 90 valence electrons. The summed E-state index contributed by atoms with van der Waals surface area (Å²) in [7, 11) is 1.66. The molecule has 0 aliphatic rings. The third-order valence-electron chi connectivity index (χ3n) is 2.47. The van der Waals surface area contributed by atoms with Gasteiger partial charge < -0.3 is 10.1 Å². The van der Waals surface area contributed by atoms with E-state index in [0.717, 1.165) is 6.42 Å². The molecule has 4 heteroatoms. The standard InChI is InChI=1S/C12H17ClFNO/c1-3-10(8-16-2)15-7-9-5-4-6-11(13)12(9)14/h4-6,10,15H,3,7-8H2,1-2H3. The average Bonchev–Trinajstić information content (AvgIpc) is 2.29. The zero-order valence-electron chi connectivity index (χ0n) is 9.59. The summed E-state index contributed by atoms with van der Waals surface area (Å²) < 4.78 is 18.6. The zero-order valence-corrected chi connectivity index (χ0v) is 10.4. The molecular weight excluding hydrogens is 229 g/mol. The van der Waals surface area contributed by atoms with Gasteiger partial charge in [0, 0.05) is 25.3 Å². The van der Waals surface area contributed by atoms with Gasteiger partial charge in [-0.2, -0.15) is 0 Å². The van der Waals surface area contributed by atoms with E-state index in [0.29, 0.717) is 18.7 Å². The monoisotopic (exact) mass is 245 g/mol. The molecule has 16 heavy (non-hydrogen) atoms. The van der Waals surface area contributed by atoms with Gasteiger partial charge in [-0.1, -0.05) is 30.7 Å². The lowest BCUT2D eigenvalue weighted by atomic mass is 10.2. The maximum atomic E-state index is 13.5. The maximum absolute atomic E-state index is 13.5. The van der Waals surface area contributed by atoms with Crippen LogP contribution in [0.4, 0.5) is 4.39 Å². The summed E-state index contributed by atoms with van der Waals surface area (Å²) in [6.07, 6.45) is 0.941. The number of nitrogens with one attached hydrogen (secondary N) is 1. The van der Waals surface area contributed by atoms with Crippen molar-refractivity contribution in [2.24, 2.45) is 0 Å². The summed E-state index contributed by atoms with van der Waals surface area (Å²) in [5.74, 6) is -0.344. The molecule has 0 heterocycles. The molecule has 1 aromatic rings. The largest absolute Gasteiger partial charge is 0.383 e. The van der Waals surface area contributed by atoms with Crippen LogP contribution < -0.4 is 5.32 Å². The Bertz CT molecular complexity index is 333. The van der Waals surface area contributed by atoms with Crippen molar-refractivity contribution in [2.75, 3.05) is 13.7 Å². The van der Waals surface area contributed by atoms with Gasteiger partial charge in [0.15, 0.2) is 0 Å². The van der Waals surface area contributed by atoms with E-state index in [-0.39, 0.29) is 16.9 Å². The van der Waals surface area contributed by atoms with Crippen molar-refractivity contribution in [3.05, 3.63) is 34.6 Å². The number of benzene rings is 1. The Hall–Kier alpha value is -0.640. The Balaban J connectivity index is 2.56. The summed E-state index contributed by atoms with van der Waals surface area (Å²) >= 11 is 5.70. The first-order valence-electron chi connectivity index (χ1n) is 5.34. The highest BCUT2D eigenvalue weighted by atomic mass is 35.5. The molecular formula is C12H17ClFNO. The van der Waals surface area contributed by atoms with Crippen LogP contribution in [-0.4, -0.2) is 19.8 Å². The second-order valence-electron chi connectivity index (χ2n) is 3.65. The smallest absolute Gasteiger partial charge is 0.146 e. The molecule has 1 atom stereocenters. The van der Waals surface area contributed by atoms with E-state index in [9.17, 15) is 4.39 Å².